The Bertz CT molecular complexity index is 899. The second-order valence-corrected chi connectivity index (χ2v) is 7.96. The molecule has 0 atom stereocenters. The summed E-state index contributed by atoms with van der Waals surface area (Å²) in [5, 5.41) is 0.374. The highest BCUT2D eigenvalue weighted by molar-refractivity contribution is 7.89. The Hall–Kier alpha value is -1.96. The van der Waals surface area contributed by atoms with E-state index in [0.29, 0.717) is 29.5 Å². The van der Waals surface area contributed by atoms with Gasteiger partial charge in [0.15, 0.2) is 11.5 Å². The summed E-state index contributed by atoms with van der Waals surface area (Å²) in [6.07, 6.45) is 0.489. The van der Waals surface area contributed by atoms with Gasteiger partial charge in [-0.3, -0.25) is 0 Å². The van der Waals surface area contributed by atoms with Gasteiger partial charge in [-0.25, -0.2) is 13.1 Å². The molecule has 0 saturated heterocycles. The number of nitrogens with one attached hydrogen (secondary N) is 1. The summed E-state index contributed by atoms with van der Waals surface area (Å²) in [6.45, 7) is 4.17. The molecule has 0 fully saturated rings. The predicted molar refractivity (Wildman–Crippen MR) is 106 cm³/mol. The van der Waals surface area contributed by atoms with Crippen LogP contribution < -0.4 is 18.9 Å². The molecule has 0 bridgehead atoms. The zero-order valence-electron chi connectivity index (χ0n) is 15.8. The van der Waals surface area contributed by atoms with E-state index in [1.54, 1.807) is 40.2 Å². The van der Waals surface area contributed by atoms with Crippen LogP contribution in [0.15, 0.2) is 35.2 Å². The number of hydrogen-bond donors (Lipinski definition) is 1. The van der Waals surface area contributed by atoms with Gasteiger partial charge >= 0.3 is 0 Å². The topological polar surface area (TPSA) is 73.9 Å². The van der Waals surface area contributed by atoms with Crippen molar-refractivity contribution in [2.45, 2.75) is 25.2 Å². The van der Waals surface area contributed by atoms with Gasteiger partial charge in [-0.2, -0.15) is 0 Å². The summed E-state index contributed by atoms with van der Waals surface area (Å²) in [6, 6.07) is 8.52. The van der Waals surface area contributed by atoms with Gasteiger partial charge in [-0.05, 0) is 55.7 Å². The first-order chi connectivity index (χ1) is 12.8. The van der Waals surface area contributed by atoms with E-state index in [9.17, 15) is 8.42 Å². The van der Waals surface area contributed by atoms with Crippen LogP contribution in [0.1, 0.15) is 18.1 Å². The molecule has 0 aliphatic heterocycles. The van der Waals surface area contributed by atoms with Crippen LogP contribution in [0.5, 0.6) is 17.2 Å². The first-order valence-electron chi connectivity index (χ1n) is 8.46. The number of aryl methyl sites for hydroxylation is 1. The highest BCUT2D eigenvalue weighted by atomic mass is 35.5. The quantitative estimate of drug-likeness (QED) is 0.680. The highest BCUT2D eigenvalue weighted by Crippen LogP contribution is 2.31. The van der Waals surface area contributed by atoms with Crippen molar-refractivity contribution in [3.8, 4) is 17.2 Å². The molecule has 0 unspecified atom stereocenters. The Morgan fingerprint density at radius 3 is 2.37 bits per heavy atom. The third-order valence-electron chi connectivity index (χ3n) is 3.97. The van der Waals surface area contributed by atoms with Crippen LogP contribution in [0.25, 0.3) is 0 Å². The minimum absolute atomic E-state index is 0.0345. The molecular formula is C19H24ClNO5S. The van der Waals surface area contributed by atoms with Gasteiger partial charge in [-0.1, -0.05) is 17.7 Å². The average Bonchev–Trinajstić information content (AvgIpc) is 2.64. The number of sulfonamides is 1. The molecule has 2 rings (SSSR count). The molecule has 6 nitrogen and oxygen atoms in total. The number of methoxy groups -OCH3 is 2. The van der Waals surface area contributed by atoms with Crippen molar-refractivity contribution in [2.75, 3.05) is 27.4 Å². The van der Waals surface area contributed by atoms with Crippen LogP contribution in [0.4, 0.5) is 0 Å². The summed E-state index contributed by atoms with van der Waals surface area (Å²) in [7, 11) is -0.646. The lowest BCUT2D eigenvalue weighted by atomic mass is 10.1. The Balaban J connectivity index is 2.15. The Morgan fingerprint density at radius 1 is 1.04 bits per heavy atom. The summed E-state index contributed by atoms with van der Waals surface area (Å²) >= 11 is 6.11. The third-order valence-corrected chi connectivity index (χ3v) is 5.86. The number of rotatable bonds is 9. The zero-order valence-corrected chi connectivity index (χ0v) is 17.4. The largest absolute Gasteiger partial charge is 0.493 e. The van der Waals surface area contributed by atoms with Crippen molar-refractivity contribution >= 4 is 21.6 Å². The first kappa shape index (κ1) is 21.3. The van der Waals surface area contributed by atoms with E-state index in [1.165, 1.54) is 6.07 Å². The monoisotopic (exact) mass is 413 g/mol. The maximum absolute atomic E-state index is 12.7. The van der Waals surface area contributed by atoms with E-state index >= 15 is 0 Å². The third kappa shape index (κ3) is 5.28. The van der Waals surface area contributed by atoms with Gasteiger partial charge in [0.1, 0.15) is 10.6 Å². The minimum atomic E-state index is -3.77. The number of halogens is 1. The summed E-state index contributed by atoms with van der Waals surface area (Å²) in [5.41, 5.74) is 1.67. The molecule has 0 heterocycles. The molecule has 8 heteroatoms. The zero-order chi connectivity index (χ0) is 20.0. The van der Waals surface area contributed by atoms with E-state index < -0.39 is 10.0 Å². The number of ether oxygens (including phenoxy) is 3. The van der Waals surface area contributed by atoms with Crippen molar-refractivity contribution in [2.24, 2.45) is 0 Å². The molecular weight excluding hydrogens is 390 g/mol. The second kappa shape index (κ2) is 9.30. The van der Waals surface area contributed by atoms with Crippen LogP contribution in [0.2, 0.25) is 5.02 Å². The first-order valence-corrected chi connectivity index (χ1v) is 10.3. The normalized spacial score (nSPS) is 11.3. The van der Waals surface area contributed by atoms with Crippen LogP contribution in [-0.4, -0.2) is 35.8 Å². The smallest absolute Gasteiger partial charge is 0.244 e. The molecule has 2 aromatic rings. The summed E-state index contributed by atoms with van der Waals surface area (Å²) in [4.78, 5) is 0.0345. The van der Waals surface area contributed by atoms with Gasteiger partial charge in [0.25, 0.3) is 0 Å². The van der Waals surface area contributed by atoms with Gasteiger partial charge < -0.3 is 14.2 Å². The molecule has 0 aromatic heterocycles. The van der Waals surface area contributed by atoms with Gasteiger partial charge in [0.2, 0.25) is 10.0 Å². The van der Waals surface area contributed by atoms with E-state index in [2.05, 4.69) is 4.72 Å². The van der Waals surface area contributed by atoms with Crippen LogP contribution in [0.3, 0.4) is 0 Å². The molecule has 0 aliphatic rings. The molecule has 27 heavy (non-hydrogen) atoms. The average molecular weight is 414 g/mol. The fourth-order valence-electron chi connectivity index (χ4n) is 2.56. The summed E-state index contributed by atoms with van der Waals surface area (Å²) < 4.78 is 44.0. The molecule has 0 spiro atoms. The minimum Gasteiger partial charge on any atom is -0.493 e. The van der Waals surface area contributed by atoms with Crippen molar-refractivity contribution in [1.29, 1.82) is 0 Å². The number of hydrogen-bond acceptors (Lipinski definition) is 5. The second-order valence-electron chi connectivity index (χ2n) is 5.82. The van der Waals surface area contributed by atoms with Gasteiger partial charge in [0.05, 0.1) is 20.8 Å². The fourth-order valence-corrected chi connectivity index (χ4v) is 3.97. The molecule has 1 N–H and O–H groups in total. The van der Waals surface area contributed by atoms with E-state index in [-0.39, 0.29) is 17.2 Å². The van der Waals surface area contributed by atoms with Crippen molar-refractivity contribution in [3.05, 3.63) is 46.5 Å². The van der Waals surface area contributed by atoms with Crippen LogP contribution >= 0.6 is 11.6 Å². The predicted octanol–water partition coefficient (Wildman–Crippen LogP) is 3.59. The van der Waals surface area contributed by atoms with Crippen molar-refractivity contribution in [1.82, 2.24) is 4.72 Å². The lowest BCUT2D eigenvalue weighted by Crippen LogP contribution is -2.26. The van der Waals surface area contributed by atoms with Crippen molar-refractivity contribution in [3.63, 3.8) is 0 Å². The number of benzene rings is 2. The standard InChI is InChI=1S/C19H24ClNO5S/c1-5-26-18-10-13(2)15(20)12-19(18)27(22,23)21-9-8-14-6-7-16(24-3)17(11-14)25-4/h6-7,10-12,21H,5,8-9H2,1-4H3. The Morgan fingerprint density at radius 2 is 1.74 bits per heavy atom. The lowest BCUT2D eigenvalue weighted by Gasteiger charge is -2.14. The Labute approximate surface area is 165 Å². The van der Waals surface area contributed by atoms with Gasteiger partial charge in [-0.15, -0.1) is 0 Å². The molecule has 0 saturated carbocycles. The van der Waals surface area contributed by atoms with E-state index in [0.717, 1.165) is 11.1 Å². The fraction of sp³-hybridized carbons (Fsp3) is 0.368. The lowest BCUT2D eigenvalue weighted by molar-refractivity contribution is 0.330. The molecule has 148 valence electrons. The maximum Gasteiger partial charge on any atom is 0.244 e. The Kier molecular flexibility index (Phi) is 7.35. The van der Waals surface area contributed by atoms with Crippen molar-refractivity contribution < 1.29 is 22.6 Å². The molecule has 2 aromatic carbocycles. The summed E-state index contributed by atoms with van der Waals surface area (Å²) in [5.74, 6) is 1.51. The molecule has 0 radical (unpaired) electrons. The SMILES string of the molecule is CCOc1cc(C)c(Cl)cc1S(=O)(=O)NCCc1ccc(OC)c(OC)c1. The highest BCUT2D eigenvalue weighted by Gasteiger charge is 2.21. The molecule has 0 amide bonds. The molecule has 0 aliphatic carbocycles. The van der Waals surface area contributed by atoms with Gasteiger partial charge in [0, 0.05) is 11.6 Å². The van der Waals surface area contributed by atoms with E-state index in [4.69, 9.17) is 25.8 Å². The van der Waals surface area contributed by atoms with Crippen LogP contribution in [0, 0.1) is 6.92 Å². The van der Waals surface area contributed by atoms with E-state index in [1.807, 2.05) is 12.1 Å². The van der Waals surface area contributed by atoms with Crippen LogP contribution in [-0.2, 0) is 16.4 Å². The maximum atomic E-state index is 12.7.